The number of anilines is 2. The quantitative estimate of drug-likeness (QED) is 0.364. The molecule has 3 aromatic heterocycles. The summed E-state index contributed by atoms with van der Waals surface area (Å²) in [5, 5.41) is 12.4. The molecule has 164 valence electrons. The first kappa shape index (κ1) is 21.0. The molecule has 0 bridgehead atoms. The highest BCUT2D eigenvalue weighted by atomic mass is 15.1. The van der Waals surface area contributed by atoms with Crippen molar-refractivity contribution >= 4 is 34.1 Å². The second kappa shape index (κ2) is 8.96. The predicted octanol–water partition coefficient (Wildman–Crippen LogP) is 5.46. The van der Waals surface area contributed by atoms with Gasteiger partial charge in [0.05, 0.1) is 29.4 Å². The lowest BCUT2D eigenvalue weighted by Gasteiger charge is -2.11. The third-order valence-corrected chi connectivity index (χ3v) is 5.49. The highest BCUT2D eigenvalue weighted by Gasteiger charge is 2.14. The molecule has 34 heavy (non-hydrogen) atoms. The van der Waals surface area contributed by atoms with Gasteiger partial charge in [0, 0.05) is 24.2 Å². The maximum atomic E-state index is 9.11. The van der Waals surface area contributed by atoms with Crippen LogP contribution in [-0.2, 0) is 7.05 Å². The van der Waals surface area contributed by atoms with Crippen LogP contribution in [0.15, 0.2) is 90.3 Å². The number of pyridine rings is 2. The van der Waals surface area contributed by atoms with Gasteiger partial charge in [-0.3, -0.25) is 0 Å². The van der Waals surface area contributed by atoms with Crippen LogP contribution < -0.4 is 5.32 Å². The first-order valence-corrected chi connectivity index (χ1v) is 10.8. The van der Waals surface area contributed by atoms with E-state index in [2.05, 4.69) is 21.4 Å². The maximum Gasteiger partial charge on any atom is 0.183 e. The van der Waals surface area contributed by atoms with E-state index in [1.54, 1.807) is 18.6 Å². The average Bonchev–Trinajstić information content (AvgIpc) is 3.25. The Morgan fingerprint density at radius 2 is 1.65 bits per heavy atom. The zero-order valence-electron chi connectivity index (χ0n) is 18.8. The molecular formula is C27H21N7. The molecule has 5 aromatic rings. The minimum atomic E-state index is 0.374. The van der Waals surface area contributed by atoms with Gasteiger partial charge in [0.25, 0.3) is 0 Å². The number of rotatable bonds is 5. The summed E-state index contributed by atoms with van der Waals surface area (Å²) in [6, 6.07) is 25.8. The number of nitrogens with zero attached hydrogens (tertiary/aromatic N) is 6. The van der Waals surface area contributed by atoms with Crippen molar-refractivity contribution in [3.05, 3.63) is 108 Å². The van der Waals surface area contributed by atoms with E-state index in [1.165, 1.54) is 0 Å². The monoisotopic (exact) mass is 443 g/mol. The minimum Gasteiger partial charge on any atom is -0.339 e. The van der Waals surface area contributed by atoms with E-state index in [4.69, 9.17) is 15.2 Å². The van der Waals surface area contributed by atoms with Gasteiger partial charge in [0.15, 0.2) is 5.82 Å². The van der Waals surface area contributed by atoms with Crippen LogP contribution in [0, 0.1) is 18.3 Å². The molecule has 7 nitrogen and oxygen atoms in total. The molecule has 0 spiro atoms. The van der Waals surface area contributed by atoms with Crippen LogP contribution in [0.3, 0.4) is 0 Å². The number of fused-ring (bicyclic) bond motifs is 1. The molecule has 0 radical (unpaired) electrons. The summed E-state index contributed by atoms with van der Waals surface area (Å²) in [4.78, 5) is 18.6. The number of imidazole rings is 1. The number of benzene rings is 2. The molecule has 0 saturated carbocycles. The standard InChI is InChI=1S/C27H21N7/c1-18-13-21(15-28)29-16-22(18)31-24-14-23-26(30-17-34(23)2)27(32-24)33-25(19-9-5-3-6-10-19)20-11-7-4-8-12-20/h3-14,16-17H,1-2H3,(H,31,32). The van der Waals surface area contributed by atoms with Gasteiger partial charge in [-0.05, 0) is 18.6 Å². The summed E-state index contributed by atoms with van der Waals surface area (Å²) in [5.41, 5.74) is 6.46. The van der Waals surface area contributed by atoms with Gasteiger partial charge in [-0.25, -0.2) is 19.9 Å². The van der Waals surface area contributed by atoms with Crippen LogP contribution in [0.2, 0.25) is 0 Å². The van der Waals surface area contributed by atoms with Crippen LogP contribution in [0.4, 0.5) is 17.3 Å². The normalized spacial score (nSPS) is 10.6. The molecule has 0 atom stereocenters. The van der Waals surface area contributed by atoms with Crippen molar-refractivity contribution in [3.8, 4) is 6.07 Å². The number of aryl methyl sites for hydroxylation is 2. The lowest BCUT2D eigenvalue weighted by atomic mass is 10.0. The van der Waals surface area contributed by atoms with Crippen molar-refractivity contribution < 1.29 is 0 Å². The first-order valence-electron chi connectivity index (χ1n) is 10.8. The van der Waals surface area contributed by atoms with Gasteiger partial charge in [0.1, 0.15) is 23.1 Å². The average molecular weight is 444 g/mol. The summed E-state index contributed by atoms with van der Waals surface area (Å²) < 4.78 is 1.94. The summed E-state index contributed by atoms with van der Waals surface area (Å²) >= 11 is 0. The lowest BCUT2D eigenvalue weighted by molar-refractivity contribution is 0.947. The fourth-order valence-electron chi connectivity index (χ4n) is 3.73. The van der Waals surface area contributed by atoms with E-state index in [9.17, 15) is 0 Å². The van der Waals surface area contributed by atoms with Gasteiger partial charge in [-0.1, -0.05) is 60.7 Å². The number of aliphatic imine (C=N–C) groups is 1. The highest BCUT2D eigenvalue weighted by molar-refractivity contribution is 6.14. The van der Waals surface area contributed by atoms with Crippen molar-refractivity contribution in [2.24, 2.45) is 12.0 Å². The van der Waals surface area contributed by atoms with Crippen molar-refractivity contribution in [1.29, 1.82) is 5.26 Å². The minimum absolute atomic E-state index is 0.374. The van der Waals surface area contributed by atoms with Crippen LogP contribution in [0.1, 0.15) is 22.4 Å². The van der Waals surface area contributed by atoms with Gasteiger partial charge < -0.3 is 9.88 Å². The Hall–Kier alpha value is -4.83. The van der Waals surface area contributed by atoms with Crippen molar-refractivity contribution in [2.45, 2.75) is 6.92 Å². The topological polar surface area (TPSA) is 91.8 Å². The Labute approximate surface area is 197 Å². The van der Waals surface area contributed by atoms with Gasteiger partial charge in [-0.15, -0.1) is 0 Å². The molecule has 0 saturated heterocycles. The summed E-state index contributed by atoms with van der Waals surface area (Å²) in [6.07, 6.45) is 3.40. The highest BCUT2D eigenvalue weighted by Crippen LogP contribution is 2.29. The van der Waals surface area contributed by atoms with Gasteiger partial charge in [-0.2, -0.15) is 5.26 Å². The molecule has 0 unspecified atom stereocenters. The SMILES string of the molecule is Cc1cc(C#N)ncc1Nc1cc2c(ncn2C)c(N=C(c2ccccc2)c2ccccc2)n1. The van der Waals surface area contributed by atoms with E-state index in [0.717, 1.165) is 33.6 Å². The number of aromatic nitrogens is 4. The summed E-state index contributed by atoms with van der Waals surface area (Å²) in [6.45, 7) is 1.93. The molecule has 0 aliphatic heterocycles. The second-order valence-electron chi connectivity index (χ2n) is 7.87. The maximum absolute atomic E-state index is 9.11. The molecule has 2 aromatic carbocycles. The number of nitriles is 1. The van der Waals surface area contributed by atoms with Crippen LogP contribution in [0.25, 0.3) is 11.0 Å². The number of nitrogens with one attached hydrogen (secondary N) is 1. The van der Waals surface area contributed by atoms with Gasteiger partial charge >= 0.3 is 0 Å². The Morgan fingerprint density at radius 3 is 2.26 bits per heavy atom. The van der Waals surface area contributed by atoms with Crippen LogP contribution in [-0.4, -0.2) is 25.2 Å². The van der Waals surface area contributed by atoms with Gasteiger partial charge in [0.2, 0.25) is 0 Å². The van der Waals surface area contributed by atoms with E-state index in [0.29, 0.717) is 22.8 Å². The van der Waals surface area contributed by atoms with E-state index in [-0.39, 0.29) is 0 Å². The van der Waals surface area contributed by atoms with Crippen molar-refractivity contribution in [2.75, 3.05) is 5.32 Å². The number of hydrogen-bond donors (Lipinski definition) is 1. The van der Waals surface area contributed by atoms with E-state index < -0.39 is 0 Å². The predicted molar refractivity (Wildman–Crippen MR) is 134 cm³/mol. The first-order chi connectivity index (χ1) is 16.6. The fraction of sp³-hybridized carbons (Fsp3) is 0.0741. The Balaban J connectivity index is 1.67. The lowest BCUT2D eigenvalue weighted by Crippen LogP contribution is -2.04. The summed E-state index contributed by atoms with van der Waals surface area (Å²) in [5.74, 6) is 1.13. The molecule has 1 N–H and O–H groups in total. The van der Waals surface area contributed by atoms with Crippen LogP contribution in [0.5, 0.6) is 0 Å². The Morgan fingerprint density at radius 1 is 0.971 bits per heavy atom. The molecule has 0 aliphatic rings. The molecule has 7 heteroatoms. The molecular weight excluding hydrogens is 422 g/mol. The molecule has 3 heterocycles. The molecule has 0 aliphatic carbocycles. The Kier molecular flexibility index (Phi) is 5.55. The smallest absolute Gasteiger partial charge is 0.183 e. The zero-order chi connectivity index (χ0) is 23.5. The zero-order valence-corrected chi connectivity index (χ0v) is 18.8. The van der Waals surface area contributed by atoms with E-state index >= 15 is 0 Å². The van der Waals surface area contributed by atoms with Crippen LogP contribution >= 0.6 is 0 Å². The third-order valence-electron chi connectivity index (χ3n) is 5.49. The molecule has 5 rings (SSSR count). The molecule has 0 fully saturated rings. The number of hydrogen-bond acceptors (Lipinski definition) is 6. The van der Waals surface area contributed by atoms with Crippen molar-refractivity contribution in [3.63, 3.8) is 0 Å². The molecule has 0 amide bonds. The Bertz CT molecular complexity index is 1500. The fourth-order valence-corrected chi connectivity index (χ4v) is 3.73. The van der Waals surface area contributed by atoms with E-state index in [1.807, 2.05) is 85.3 Å². The largest absolute Gasteiger partial charge is 0.339 e. The summed E-state index contributed by atoms with van der Waals surface area (Å²) in [7, 11) is 1.94. The third kappa shape index (κ3) is 4.12. The second-order valence-corrected chi connectivity index (χ2v) is 7.87. The van der Waals surface area contributed by atoms with Crippen molar-refractivity contribution in [1.82, 2.24) is 19.5 Å².